The third-order valence-electron chi connectivity index (χ3n) is 2.00. The highest BCUT2D eigenvalue weighted by Gasteiger charge is 2.25. The van der Waals surface area contributed by atoms with Gasteiger partial charge in [0.25, 0.3) is 0 Å². The number of hydrogen-bond acceptors (Lipinski definition) is 3. The van der Waals surface area contributed by atoms with Gasteiger partial charge in [0.15, 0.2) is 0 Å². The summed E-state index contributed by atoms with van der Waals surface area (Å²) < 4.78 is 24.2. The van der Waals surface area contributed by atoms with E-state index in [9.17, 15) is 13.2 Å². The molecule has 1 heterocycles. The highest BCUT2D eigenvalue weighted by atomic mass is 32.2. The van der Waals surface area contributed by atoms with Crippen LogP contribution in [0.2, 0.25) is 0 Å². The van der Waals surface area contributed by atoms with Gasteiger partial charge in [0.2, 0.25) is 10.0 Å². The summed E-state index contributed by atoms with van der Waals surface area (Å²) in [6.07, 6.45) is 2.05. The second-order valence-electron chi connectivity index (χ2n) is 3.00. The van der Waals surface area contributed by atoms with E-state index in [2.05, 4.69) is 6.58 Å². The normalized spacial score (nSPS) is 17.9. The highest BCUT2D eigenvalue weighted by molar-refractivity contribution is 7.89. The van der Waals surface area contributed by atoms with Gasteiger partial charge in [-0.3, -0.25) is 4.79 Å². The van der Waals surface area contributed by atoms with Crippen LogP contribution in [0.25, 0.3) is 0 Å². The smallest absolute Gasteiger partial charge is 0.217 e. The fourth-order valence-electron chi connectivity index (χ4n) is 1.27. The molecule has 0 radical (unpaired) electrons. The van der Waals surface area contributed by atoms with Crippen molar-refractivity contribution in [3.63, 3.8) is 0 Å². The fourth-order valence-corrected chi connectivity index (χ4v) is 2.52. The van der Waals surface area contributed by atoms with Crippen molar-refractivity contribution >= 4 is 15.8 Å². The number of carbonyl (C=O) groups excluding carboxylic acids is 1. The standard InChI is InChI=1S/C8H13NO3S.C2H6/c1-2-7-13(11,12)9-5-3-8(10)4-6-9;1-2/h2H,1,3-7H2;1-2H3. The maximum absolute atomic E-state index is 11.4. The number of carbonyl (C=O) groups is 1. The van der Waals surface area contributed by atoms with Crippen LogP contribution >= 0.6 is 0 Å². The van der Waals surface area contributed by atoms with E-state index < -0.39 is 10.0 Å². The minimum Gasteiger partial charge on any atom is -0.300 e. The second-order valence-corrected chi connectivity index (χ2v) is 5.02. The molecule has 0 atom stereocenters. The van der Waals surface area contributed by atoms with Gasteiger partial charge in [0.05, 0.1) is 5.75 Å². The molecule has 88 valence electrons. The van der Waals surface area contributed by atoms with Crippen molar-refractivity contribution < 1.29 is 13.2 Å². The Morgan fingerprint density at radius 2 is 1.80 bits per heavy atom. The van der Waals surface area contributed by atoms with Gasteiger partial charge < -0.3 is 0 Å². The number of sulfonamides is 1. The molecule has 15 heavy (non-hydrogen) atoms. The summed E-state index contributed by atoms with van der Waals surface area (Å²) in [5.41, 5.74) is 0. The Balaban J connectivity index is 0.000000921. The lowest BCUT2D eigenvalue weighted by Gasteiger charge is -2.24. The Morgan fingerprint density at radius 1 is 1.33 bits per heavy atom. The minimum atomic E-state index is -3.19. The van der Waals surface area contributed by atoms with E-state index in [0.717, 1.165) is 0 Å². The fraction of sp³-hybridized carbons (Fsp3) is 0.700. The Kier molecular flexibility index (Phi) is 6.43. The number of Topliss-reactive ketones (excluding diaryl/α,β-unsaturated/α-hetero) is 1. The molecular formula is C10H19NO3S. The van der Waals surface area contributed by atoms with Crippen molar-refractivity contribution in [1.29, 1.82) is 0 Å². The molecule has 0 aromatic heterocycles. The van der Waals surface area contributed by atoms with Crippen LogP contribution in [-0.2, 0) is 14.8 Å². The average molecular weight is 233 g/mol. The predicted octanol–water partition coefficient (Wildman–Crippen LogP) is 1.19. The molecular weight excluding hydrogens is 214 g/mol. The molecule has 1 aliphatic rings. The summed E-state index contributed by atoms with van der Waals surface area (Å²) in [5, 5.41) is 0. The van der Waals surface area contributed by atoms with Gasteiger partial charge >= 0.3 is 0 Å². The van der Waals surface area contributed by atoms with Crippen molar-refractivity contribution in [2.75, 3.05) is 18.8 Å². The van der Waals surface area contributed by atoms with Gasteiger partial charge in [-0.1, -0.05) is 19.9 Å². The lowest BCUT2D eigenvalue weighted by Crippen LogP contribution is -2.39. The number of piperidine rings is 1. The van der Waals surface area contributed by atoms with Gasteiger partial charge in [-0.15, -0.1) is 6.58 Å². The molecule has 4 nitrogen and oxygen atoms in total. The van der Waals surface area contributed by atoms with Gasteiger partial charge in [-0.2, -0.15) is 0 Å². The molecule has 1 aliphatic heterocycles. The first kappa shape index (κ1) is 14.3. The highest BCUT2D eigenvalue weighted by Crippen LogP contribution is 2.10. The largest absolute Gasteiger partial charge is 0.300 e. The van der Waals surface area contributed by atoms with Crippen LogP contribution in [0, 0.1) is 0 Å². The van der Waals surface area contributed by atoms with Crippen LogP contribution in [0.4, 0.5) is 0 Å². The van der Waals surface area contributed by atoms with Gasteiger partial charge in [0.1, 0.15) is 5.78 Å². The molecule has 0 N–H and O–H groups in total. The summed E-state index contributed by atoms with van der Waals surface area (Å²) >= 11 is 0. The van der Waals surface area contributed by atoms with E-state index in [1.807, 2.05) is 13.8 Å². The second kappa shape index (κ2) is 6.74. The van der Waals surface area contributed by atoms with E-state index in [1.54, 1.807) is 0 Å². The molecule has 1 saturated heterocycles. The monoisotopic (exact) mass is 233 g/mol. The molecule has 5 heteroatoms. The van der Waals surface area contributed by atoms with Crippen LogP contribution in [0.3, 0.4) is 0 Å². The summed E-state index contributed by atoms with van der Waals surface area (Å²) in [5.74, 6) is 0.103. The maximum Gasteiger partial charge on any atom is 0.217 e. The Morgan fingerprint density at radius 3 is 2.20 bits per heavy atom. The van der Waals surface area contributed by atoms with Crippen LogP contribution in [-0.4, -0.2) is 37.3 Å². The number of nitrogens with zero attached hydrogens (tertiary/aromatic N) is 1. The van der Waals surface area contributed by atoms with Crippen molar-refractivity contribution in [3.05, 3.63) is 12.7 Å². The van der Waals surface area contributed by atoms with Gasteiger partial charge in [-0.05, 0) is 0 Å². The maximum atomic E-state index is 11.4. The summed E-state index contributed by atoms with van der Waals surface area (Å²) in [4.78, 5) is 10.9. The van der Waals surface area contributed by atoms with Crippen molar-refractivity contribution in [3.8, 4) is 0 Å². The lowest BCUT2D eigenvalue weighted by molar-refractivity contribution is -0.120. The van der Waals surface area contributed by atoms with Crippen molar-refractivity contribution in [2.24, 2.45) is 0 Å². The zero-order valence-corrected chi connectivity index (χ0v) is 10.2. The van der Waals surface area contributed by atoms with Crippen LogP contribution in [0.15, 0.2) is 12.7 Å². The number of rotatable bonds is 3. The SMILES string of the molecule is C=CCS(=O)(=O)N1CCC(=O)CC1.CC. The molecule has 1 fully saturated rings. The van der Waals surface area contributed by atoms with Gasteiger partial charge in [-0.25, -0.2) is 12.7 Å². The molecule has 0 aromatic carbocycles. The quantitative estimate of drug-likeness (QED) is 0.688. The van der Waals surface area contributed by atoms with Crippen LogP contribution < -0.4 is 0 Å². The zero-order valence-electron chi connectivity index (χ0n) is 9.40. The van der Waals surface area contributed by atoms with E-state index in [4.69, 9.17) is 0 Å². The first-order valence-corrected chi connectivity index (χ1v) is 6.77. The lowest BCUT2D eigenvalue weighted by atomic mass is 10.1. The summed E-state index contributed by atoms with van der Waals surface area (Å²) in [6, 6.07) is 0. The van der Waals surface area contributed by atoms with Crippen LogP contribution in [0.1, 0.15) is 26.7 Å². The Labute approximate surface area is 92.0 Å². The topological polar surface area (TPSA) is 54.5 Å². The minimum absolute atomic E-state index is 0.0405. The molecule has 0 spiro atoms. The summed E-state index contributed by atoms with van der Waals surface area (Å²) in [7, 11) is -3.19. The Hall–Kier alpha value is -0.680. The molecule has 0 amide bonds. The molecule has 1 rings (SSSR count). The average Bonchev–Trinajstić information content (AvgIpc) is 2.21. The molecule has 0 aliphatic carbocycles. The van der Waals surface area contributed by atoms with E-state index in [-0.39, 0.29) is 11.5 Å². The first-order chi connectivity index (χ1) is 7.06. The first-order valence-electron chi connectivity index (χ1n) is 5.16. The Bertz CT molecular complexity index is 299. The van der Waals surface area contributed by atoms with E-state index in [0.29, 0.717) is 25.9 Å². The predicted molar refractivity (Wildman–Crippen MR) is 61.1 cm³/mol. The molecule has 0 unspecified atom stereocenters. The zero-order chi connectivity index (χ0) is 11.9. The summed E-state index contributed by atoms with van der Waals surface area (Å²) in [6.45, 7) is 8.04. The molecule has 0 saturated carbocycles. The number of hydrogen-bond donors (Lipinski definition) is 0. The van der Waals surface area contributed by atoms with Crippen LogP contribution in [0.5, 0.6) is 0 Å². The van der Waals surface area contributed by atoms with E-state index >= 15 is 0 Å². The third kappa shape index (κ3) is 4.57. The van der Waals surface area contributed by atoms with E-state index in [1.165, 1.54) is 10.4 Å². The van der Waals surface area contributed by atoms with Crippen molar-refractivity contribution in [1.82, 2.24) is 4.31 Å². The molecule has 0 bridgehead atoms. The van der Waals surface area contributed by atoms with Crippen molar-refractivity contribution in [2.45, 2.75) is 26.7 Å². The van der Waals surface area contributed by atoms with Gasteiger partial charge in [0, 0.05) is 25.9 Å². The third-order valence-corrected chi connectivity index (χ3v) is 3.81. The molecule has 0 aromatic rings. The number of ketones is 1.